The highest BCUT2D eigenvalue weighted by atomic mass is 35.5. The van der Waals surface area contributed by atoms with Crippen LogP contribution in [0.15, 0.2) is 53.8 Å². The fourth-order valence-electron chi connectivity index (χ4n) is 3.41. The van der Waals surface area contributed by atoms with E-state index in [1.807, 2.05) is 0 Å². The summed E-state index contributed by atoms with van der Waals surface area (Å²) in [5.41, 5.74) is 1.12. The topological polar surface area (TPSA) is 135 Å². The van der Waals surface area contributed by atoms with Crippen LogP contribution in [-0.4, -0.2) is 70.9 Å². The molecule has 214 valence electrons. The Morgan fingerprint density at radius 3 is 2.40 bits per heavy atom. The van der Waals surface area contributed by atoms with Crippen LogP contribution in [0.5, 0.6) is 17.2 Å². The van der Waals surface area contributed by atoms with Crippen LogP contribution < -0.4 is 35.5 Å². The van der Waals surface area contributed by atoms with Gasteiger partial charge in [0.25, 0.3) is 0 Å². The monoisotopic (exact) mass is 592 g/mol. The maximum atomic E-state index is 13.1. The molecule has 0 unspecified atom stereocenters. The number of rotatable bonds is 11. The van der Waals surface area contributed by atoms with Gasteiger partial charge in [-0.3, -0.25) is 9.69 Å². The molecule has 0 bridgehead atoms. The number of ether oxygens (including phenoxy) is 4. The number of benzene rings is 2. The molecule has 0 saturated carbocycles. The van der Waals surface area contributed by atoms with Gasteiger partial charge in [0, 0.05) is 32.4 Å². The van der Waals surface area contributed by atoms with Crippen molar-refractivity contribution in [1.29, 1.82) is 0 Å². The molecule has 1 heterocycles. The predicted molar refractivity (Wildman–Crippen MR) is 156 cm³/mol. The Morgan fingerprint density at radius 1 is 1.07 bits per heavy atom. The van der Waals surface area contributed by atoms with Crippen molar-refractivity contribution in [1.82, 2.24) is 10.2 Å². The zero-order valence-corrected chi connectivity index (χ0v) is 23.9. The second-order valence-corrected chi connectivity index (χ2v) is 8.80. The number of methoxy groups -OCH3 is 3. The van der Waals surface area contributed by atoms with Gasteiger partial charge in [0.1, 0.15) is 52.2 Å². The fraction of sp³-hybridized carbons (Fsp3) is 0.269. The quantitative estimate of drug-likeness (QED) is 0.221. The summed E-state index contributed by atoms with van der Waals surface area (Å²) < 4.78 is 21.2. The molecule has 0 saturated heterocycles. The molecule has 2 aromatic rings. The molecule has 0 atom stereocenters. The normalized spacial score (nSPS) is 12.2. The molecule has 2 aromatic carbocycles. The van der Waals surface area contributed by atoms with Crippen LogP contribution in [0, 0.1) is 0 Å². The summed E-state index contributed by atoms with van der Waals surface area (Å²) in [7, 11) is 6.01. The van der Waals surface area contributed by atoms with Crippen LogP contribution in [0.3, 0.4) is 0 Å². The standard InChI is InChI=1S/C26H30Cl2N6O6/c1-6-22(35)32-17-11-15(40-10-9-37-3)7-8-16(17)31-20-13-21(30-14-29-20)34(2)26(36)33-25-23(27)18(38-4)12-19(39-5)24(25)28/h6-8,11-13,30H,1,9-10,14H2,2-5H3,(H,29,31)(H,32,35)(H,33,36). The van der Waals surface area contributed by atoms with Crippen LogP contribution in [-0.2, 0) is 9.53 Å². The number of carbonyl (C=O) groups is 2. The first-order chi connectivity index (χ1) is 19.2. The van der Waals surface area contributed by atoms with Crippen LogP contribution in [0.25, 0.3) is 0 Å². The summed E-state index contributed by atoms with van der Waals surface area (Å²) in [5.74, 6) is 1.55. The number of halogens is 2. The van der Waals surface area contributed by atoms with Gasteiger partial charge in [-0.05, 0) is 18.2 Å². The summed E-state index contributed by atoms with van der Waals surface area (Å²) in [6.07, 6.45) is 2.78. The van der Waals surface area contributed by atoms with Crippen molar-refractivity contribution in [3.8, 4) is 17.2 Å². The van der Waals surface area contributed by atoms with Crippen LogP contribution in [0.1, 0.15) is 0 Å². The maximum absolute atomic E-state index is 13.1. The highest BCUT2D eigenvalue weighted by Gasteiger charge is 2.23. The maximum Gasteiger partial charge on any atom is 0.327 e. The Bertz CT molecular complexity index is 1300. The van der Waals surface area contributed by atoms with Crippen molar-refractivity contribution in [2.75, 3.05) is 64.2 Å². The van der Waals surface area contributed by atoms with Crippen molar-refractivity contribution in [2.45, 2.75) is 0 Å². The third kappa shape index (κ3) is 7.50. The van der Waals surface area contributed by atoms with E-state index in [1.165, 1.54) is 25.2 Å². The number of carbonyl (C=O) groups excluding carboxylic acids is 2. The molecule has 3 rings (SSSR count). The molecule has 3 amide bonds. The van der Waals surface area contributed by atoms with Crippen LogP contribution in [0.4, 0.5) is 21.9 Å². The molecule has 0 fully saturated rings. The van der Waals surface area contributed by atoms with Gasteiger partial charge >= 0.3 is 6.03 Å². The lowest BCUT2D eigenvalue weighted by molar-refractivity contribution is -0.111. The average molecular weight is 593 g/mol. The Balaban J connectivity index is 1.80. The van der Waals surface area contributed by atoms with E-state index in [2.05, 4.69) is 32.8 Å². The lowest BCUT2D eigenvalue weighted by Gasteiger charge is -2.26. The number of hydrogen-bond acceptors (Lipinski definition) is 9. The third-order valence-electron chi connectivity index (χ3n) is 5.51. The van der Waals surface area contributed by atoms with Crippen molar-refractivity contribution >= 4 is 58.0 Å². The molecule has 4 N–H and O–H groups in total. The van der Waals surface area contributed by atoms with Gasteiger partial charge in [0.15, 0.2) is 0 Å². The van der Waals surface area contributed by atoms with Crippen LogP contribution >= 0.6 is 23.2 Å². The van der Waals surface area contributed by atoms with E-state index in [-0.39, 0.29) is 33.9 Å². The Hall–Kier alpha value is -4.13. The van der Waals surface area contributed by atoms with Gasteiger partial charge in [-0.15, -0.1) is 0 Å². The van der Waals surface area contributed by atoms with Gasteiger partial charge in [-0.25, -0.2) is 9.79 Å². The number of aliphatic imine (C=N–C) groups is 1. The van der Waals surface area contributed by atoms with Gasteiger partial charge < -0.3 is 40.2 Å². The molecule has 0 spiro atoms. The average Bonchev–Trinajstić information content (AvgIpc) is 2.96. The van der Waals surface area contributed by atoms with Crippen molar-refractivity contribution in [2.24, 2.45) is 4.99 Å². The molecule has 0 aliphatic carbocycles. The fourth-order valence-corrected chi connectivity index (χ4v) is 4.00. The van der Waals surface area contributed by atoms with E-state index < -0.39 is 11.9 Å². The number of anilines is 3. The number of hydrogen-bond donors (Lipinski definition) is 4. The first-order valence-electron chi connectivity index (χ1n) is 11.8. The van der Waals surface area contributed by atoms with Crippen LogP contribution in [0.2, 0.25) is 10.0 Å². The summed E-state index contributed by atoms with van der Waals surface area (Å²) in [4.78, 5) is 30.9. The molecule has 40 heavy (non-hydrogen) atoms. The molecule has 0 aromatic heterocycles. The SMILES string of the molecule is C=CC(=O)Nc1cc(OCCOC)ccc1NC1=NCNC(N(C)C(=O)Nc2c(Cl)c(OC)cc(OC)c2Cl)=C1. The molecular formula is C26H30Cl2N6O6. The molecule has 0 radical (unpaired) electrons. The second kappa shape index (κ2) is 14.3. The van der Waals surface area contributed by atoms with Gasteiger partial charge in [-0.1, -0.05) is 29.8 Å². The van der Waals surface area contributed by atoms with E-state index in [0.717, 1.165) is 6.08 Å². The van der Waals surface area contributed by atoms with E-state index in [1.54, 1.807) is 38.4 Å². The molecule has 1 aliphatic rings. The van der Waals surface area contributed by atoms with E-state index in [0.29, 0.717) is 42.0 Å². The van der Waals surface area contributed by atoms with E-state index in [9.17, 15) is 9.59 Å². The van der Waals surface area contributed by atoms with E-state index in [4.69, 9.17) is 42.1 Å². The number of urea groups is 1. The smallest absolute Gasteiger partial charge is 0.327 e. The Morgan fingerprint density at radius 2 is 1.77 bits per heavy atom. The number of amidine groups is 1. The lowest BCUT2D eigenvalue weighted by Crippen LogP contribution is -2.39. The third-order valence-corrected chi connectivity index (χ3v) is 6.26. The summed E-state index contributed by atoms with van der Waals surface area (Å²) in [6.45, 7) is 4.43. The summed E-state index contributed by atoms with van der Waals surface area (Å²) >= 11 is 12.8. The first kappa shape index (κ1) is 30.4. The summed E-state index contributed by atoms with van der Waals surface area (Å²) in [5, 5.41) is 11.9. The van der Waals surface area contributed by atoms with E-state index >= 15 is 0 Å². The zero-order chi connectivity index (χ0) is 29.2. The van der Waals surface area contributed by atoms with Gasteiger partial charge in [0.2, 0.25) is 5.91 Å². The minimum absolute atomic E-state index is 0.119. The largest absolute Gasteiger partial charge is 0.495 e. The minimum Gasteiger partial charge on any atom is -0.495 e. The number of amides is 3. The zero-order valence-electron chi connectivity index (χ0n) is 22.4. The predicted octanol–water partition coefficient (Wildman–Crippen LogP) is 4.54. The number of nitrogens with one attached hydrogen (secondary N) is 4. The Kier molecular flexibility index (Phi) is 10.9. The molecular weight excluding hydrogens is 563 g/mol. The van der Waals surface area contributed by atoms with Gasteiger partial charge in [0.05, 0.1) is 37.9 Å². The highest BCUT2D eigenvalue weighted by Crippen LogP contribution is 2.44. The Labute approximate surface area is 241 Å². The molecule has 12 nitrogen and oxygen atoms in total. The molecule has 1 aliphatic heterocycles. The first-order valence-corrected chi connectivity index (χ1v) is 12.6. The van der Waals surface area contributed by atoms with Crippen molar-refractivity contribution < 1.29 is 28.5 Å². The molecule has 14 heteroatoms. The van der Waals surface area contributed by atoms with Crippen molar-refractivity contribution in [3.05, 3.63) is 58.9 Å². The number of nitrogens with zero attached hydrogens (tertiary/aromatic N) is 2. The lowest BCUT2D eigenvalue weighted by atomic mass is 10.2. The summed E-state index contributed by atoms with van der Waals surface area (Å²) in [6, 6.07) is 6.11. The second-order valence-electron chi connectivity index (χ2n) is 8.05. The minimum atomic E-state index is -0.546. The van der Waals surface area contributed by atoms with Crippen molar-refractivity contribution in [3.63, 3.8) is 0 Å². The van der Waals surface area contributed by atoms with Gasteiger partial charge in [-0.2, -0.15) is 0 Å². The highest BCUT2D eigenvalue weighted by molar-refractivity contribution is 6.41.